The zero-order valence-corrected chi connectivity index (χ0v) is 16.4. The van der Waals surface area contributed by atoms with Crippen LogP contribution in [-0.4, -0.2) is 29.8 Å². The summed E-state index contributed by atoms with van der Waals surface area (Å²) in [7, 11) is 0. The van der Waals surface area contributed by atoms with Gasteiger partial charge in [-0.05, 0) is 49.3 Å². The van der Waals surface area contributed by atoms with Crippen LogP contribution < -0.4 is 5.32 Å². The molecule has 1 saturated heterocycles. The van der Waals surface area contributed by atoms with Crippen molar-refractivity contribution in [1.82, 2.24) is 4.90 Å². The first-order valence-corrected chi connectivity index (χ1v) is 9.96. The van der Waals surface area contributed by atoms with Gasteiger partial charge in [0.15, 0.2) is 11.6 Å². The second-order valence-corrected chi connectivity index (χ2v) is 8.28. The molecule has 2 aromatic carbocycles. The summed E-state index contributed by atoms with van der Waals surface area (Å²) in [5.74, 6) is -2.09. The number of carbonyl (C=O) groups excluding carboxylic acids is 2. The van der Waals surface area contributed by atoms with Crippen LogP contribution in [0, 0.1) is 29.9 Å². The largest absolute Gasteiger partial charge is 0.342 e. The average Bonchev–Trinajstić information content (AvgIpc) is 3.38. The molecule has 1 aliphatic heterocycles. The van der Waals surface area contributed by atoms with Crippen molar-refractivity contribution in [3.63, 3.8) is 0 Å². The van der Waals surface area contributed by atoms with Crippen LogP contribution in [0.5, 0.6) is 0 Å². The van der Waals surface area contributed by atoms with Crippen LogP contribution in [0.2, 0.25) is 0 Å². The smallest absolute Gasteiger partial charge is 0.228 e. The Morgan fingerprint density at radius 3 is 2.55 bits per heavy atom. The number of hydrogen-bond donors (Lipinski definition) is 1. The molecule has 1 N–H and O–H groups in total. The fourth-order valence-electron chi connectivity index (χ4n) is 4.38. The van der Waals surface area contributed by atoms with E-state index in [0.29, 0.717) is 19.5 Å². The van der Waals surface area contributed by atoms with Crippen molar-refractivity contribution in [2.75, 3.05) is 18.4 Å². The SMILES string of the molecule is Cc1cccc(CC(=O)N2CCC3(CC2)C[C@@H]3C(=O)Nc2ccc(F)c(F)c2)c1. The molecule has 1 saturated carbocycles. The third kappa shape index (κ3) is 4.16. The summed E-state index contributed by atoms with van der Waals surface area (Å²) in [6.45, 7) is 3.32. The minimum atomic E-state index is -0.978. The van der Waals surface area contributed by atoms with Gasteiger partial charge in [-0.3, -0.25) is 9.59 Å². The average molecular weight is 398 g/mol. The monoisotopic (exact) mass is 398 g/mol. The summed E-state index contributed by atoms with van der Waals surface area (Å²) in [6.07, 6.45) is 2.77. The number of nitrogens with zero attached hydrogens (tertiary/aromatic N) is 1. The Bertz CT molecular complexity index is 952. The molecule has 2 amide bonds. The first-order valence-electron chi connectivity index (χ1n) is 9.96. The number of likely N-dealkylation sites (tertiary alicyclic amines) is 1. The molecule has 1 aliphatic carbocycles. The number of benzene rings is 2. The van der Waals surface area contributed by atoms with Crippen molar-refractivity contribution < 1.29 is 18.4 Å². The fraction of sp³-hybridized carbons (Fsp3) is 0.391. The van der Waals surface area contributed by atoms with Crippen LogP contribution in [0.15, 0.2) is 42.5 Å². The van der Waals surface area contributed by atoms with E-state index in [4.69, 9.17) is 0 Å². The van der Waals surface area contributed by atoms with Crippen LogP contribution in [0.3, 0.4) is 0 Å². The van der Waals surface area contributed by atoms with Crippen LogP contribution in [0.1, 0.15) is 30.4 Å². The topological polar surface area (TPSA) is 49.4 Å². The van der Waals surface area contributed by atoms with Gasteiger partial charge in [0.25, 0.3) is 0 Å². The molecule has 1 atom stereocenters. The molecule has 1 spiro atoms. The lowest BCUT2D eigenvalue weighted by Gasteiger charge is -2.33. The van der Waals surface area contributed by atoms with Crippen LogP contribution >= 0.6 is 0 Å². The first kappa shape index (κ1) is 19.6. The minimum absolute atomic E-state index is 0.0667. The summed E-state index contributed by atoms with van der Waals surface area (Å²) in [5.41, 5.74) is 2.36. The van der Waals surface area contributed by atoms with Crippen molar-refractivity contribution in [3.05, 3.63) is 65.2 Å². The number of rotatable bonds is 4. The Balaban J connectivity index is 1.30. The molecule has 152 valence electrons. The van der Waals surface area contributed by atoms with Gasteiger partial charge in [0, 0.05) is 30.8 Å². The summed E-state index contributed by atoms with van der Waals surface area (Å²) in [4.78, 5) is 27.0. The highest BCUT2D eigenvalue weighted by Crippen LogP contribution is 2.59. The zero-order valence-electron chi connectivity index (χ0n) is 16.4. The molecule has 1 heterocycles. The van der Waals surface area contributed by atoms with Crippen molar-refractivity contribution in [2.24, 2.45) is 11.3 Å². The number of aryl methyl sites for hydroxylation is 1. The molecule has 0 bridgehead atoms. The summed E-state index contributed by atoms with van der Waals surface area (Å²) in [5, 5.41) is 2.69. The van der Waals surface area contributed by atoms with Crippen LogP contribution in [0.25, 0.3) is 0 Å². The van der Waals surface area contributed by atoms with Crippen molar-refractivity contribution in [1.29, 1.82) is 0 Å². The normalized spacial score (nSPS) is 19.8. The highest BCUT2D eigenvalue weighted by Gasteiger charge is 2.58. The van der Waals surface area contributed by atoms with Crippen molar-refractivity contribution in [3.8, 4) is 0 Å². The molecule has 2 fully saturated rings. The van der Waals surface area contributed by atoms with E-state index in [1.165, 1.54) is 6.07 Å². The Labute approximate surface area is 168 Å². The number of piperidine rings is 1. The number of amides is 2. The molecule has 2 aliphatic rings. The predicted octanol–water partition coefficient (Wildman–Crippen LogP) is 4.08. The second kappa shape index (κ2) is 7.58. The maximum Gasteiger partial charge on any atom is 0.228 e. The molecule has 0 unspecified atom stereocenters. The van der Waals surface area contributed by atoms with Gasteiger partial charge in [-0.1, -0.05) is 29.8 Å². The Kier molecular flexibility index (Phi) is 5.11. The lowest BCUT2D eigenvalue weighted by molar-refractivity contribution is -0.132. The molecule has 0 aromatic heterocycles. The molecular formula is C23H24F2N2O2. The number of nitrogens with one attached hydrogen (secondary N) is 1. The standard InChI is InChI=1S/C23H24F2N2O2/c1-15-3-2-4-16(11-15)12-21(28)27-9-7-23(8-10-27)14-18(23)22(29)26-17-5-6-19(24)20(25)13-17/h2-6,11,13,18H,7-10,12,14H2,1H3,(H,26,29)/t18-/m1/s1. The van der Waals surface area contributed by atoms with Gasteiger partial charge in [0.1, 0.15) is 0 Å². The Morgan fingerprint density at radius 2 is 1.86 bits per heavy atom. The van der Waals surface area contributed by atoms with Crippen molar-refractivity contribution in [2.45, 2.75) is 32.6 Å². The maximum absolute atomic E-state index is 13.3. The van der Waals surface area contributed by atoms with Gasteiger partial charge < -0.3 is 10.2 Å². The summed E-state index contributed by atoms with van der Waals surface area (Å²) < 4.78 is 26.4. The predicted molar refractivity (Wildman–Crippen MR) is 106 cm³/mol. The molecule has 0 radical (unpaired) electrons. The molecule has 2 aromatic rings. The van der Waals surface area contributed by atoms with E-state index in [9.17, 15) is 18.4 Å². The summed E-state index contributed by atoms with van der Waals surface area (Å²) in [6, 6.07) is 11.3. The Hall–Kier alpha value is -2.76. The van der Waals surface area contributed by atoms with E-state index in [1.807, 2.05) is 36.1 Å². The van der Waals surface area contributed by atoms with E-state index >= 15 is 0 Å². The molecule has 6 heteroatoms. The van der Waals surface area contributed by atoms with Gasteiger partial charge in [-0.2, -0.15) is 0 Å². The van der Waals surface area contributed by atoms with E-state index in [-0.39, 0.29) is 28.8 Å². The zero-order chi connectivity index (χ0) is 20.6. The van der Waals surface area contributed by atoms with Crippen LogP contribution in [0.4, 0.5) is 14.5 Å². The fourth-order valence-corrected chi connectivity index (χ4v) is 4.38. The van der Waals surface area contributed by atoms with Gasteiger partial charge >= 0.3 is 0 Å². The lowest BCUT2D eigenvalue weighted by Crippen LogP contribution is -2.41. The third-order valence-corrected chi connectivity index (χ3v) is 6.24. The third-order valence-electron chi connectivity index (χ3n) is 6.24. The van der Waals surface area contributed by atoms with Gasteiger partial charge in [-0.25, -0.2) is 8.78 Å². The first-order chi connectivity index (χ1) is 13.9. The highest BCUT2D eigenvalue weighted by molar-refractivity contribution is 5.95. The van der Waals surface area contributed by atoms with E-state index in [0.717, 1.165) is 42.5 Å². The number of anilines is 1. The lowest BCUT2D eigenvalue weighted by atomic mass is 9.90. The second-order valence-electron chi connectivity index (χ2n) is 8.28. The summed E-state index contributed by atoms with van der Waals surface area (Å²) >= 11 is 0. The van der Waals surface area contributed by atoms with Crippen LogP contribution in [-0.2, 0) is 16.0 Å². The van der Waals surface area contributed by atoms with Crippen molar-refractivity contribution >= 4 is 17.5 Å². The molecule has 4 rings (SSSR count). The van der Waals surface area contributed by atoms with Gasteiger partial charge in [-0.15, -0.1) is 0 Å². The number of hydrogen-bond acceptors (Lipinski definition) is 2. The highest BCUT2D eigenvalue weighted by atomic mass is 19.2. The molecule has 29 heavy (non-hydrogen) atoms. The minimum Gasteiger partial charge on any atom is -0.342 e. The van der Waals surface area contributed by atoms with E-state index < -0.39 is 11.6 Å². The number of carbonyl (C=O) groups is 2. The van der Waals surface area contributed by atoms with Gasteiger partial charge in [0.05, 0.1) is 6.42 Å². The molecule has 4 nitrogen and oxygen atoms in total. The molecular weight excluding hydrogens is 374 g/mol. The van der Waals surface area contributed by atoms with E-state index in [2.05, 4.69) is 5.32 Å². The van der Waals surface area contributed by atoms with E-state index in [1.54, 1.807) is 0 Å². The Morgan fingerprint density at radius 1 is 1.10 bits per heavy atom. The number of halogens is 2. The van der Waals surface area contributed by atoms with Gasteiger partial charge in [0.2, 0.25) is 11.8 Å². The quantitative estimate of drug-likeness (QED) is 0.844. The maximum atomic E-state index is 13.3.